The van der Waals surface area contributed by atoms with Crippen LogP contribution in [0.25, 0.3) is 11.3 Å². The van der Waals surface area contributed by atoms with Gasteiger partial charge in [0.1, 0.15) is 5.75 Å². The highest BCUT2D eigenvalue weighted by molar-refractivity contribution is 7.89. The number of aromatic nitrogens is 2. The number of hydrogen-bond acceptors (Lipinski definition) is 6. The molecule has 30 heavy (non-hydrogen) atoms. The highest BCUT2D eigenvalue weighted by Crippen LogP contribution is 2.24. The van der Waals surface area contributed by atoms with Gasteiger partial charge >= 0.3 is 0 Å². The summed E-state index contributed by atoms with van der Waals surface area (Å²) < 4.78 is 32.4. The van der Waals surface area contributed by atoms with E-state index in [2.05, 4.69) is 10.2 Å². The summed E-state index contributed by atoms with van der Waals surface area (Å²) in [5.41, 5.74) is 1.67. The van der Waals surface area contributed by atoms with E-state index in [1.54, 1.807) is 19.2 Å². The van der Waals surface area contributed by atoms with Crippen molar-refractivity contribution in [1.82, 2.24) is 14.5 Å². The lowest BCUT2D eigenvalue weighted by atomic mass is 10.1. The molecule has 4 rings (SSSR count). The molecule has 2 heterocycles. The Morgan fingerprint density at radius 2 is 1.67 bits per heavy atom. The summed E-state index contributed by atoms with van der Waals surface area (Å²) in [6.45, 7) is 1.84. The van der Waals surface area contributed by atoms with Crippen LogP contribution in [-0.2, 0) is 10.0 Å². The Morgan fingerprint density at radius 3 is 2.30 bits per heavy atom. The molecule has 156 valence electrons. The van der Waals surface area contributed by atoms with Gasteiger partial charge in [-0.25, -0.2) is 8.42 Å². The Labute approximate surface area is 180 Å². The van der Waals surface area contributed by atoms with Gasteiger partial charge < -0.3 is 9.64 Å². The maximum Gasteiger partial charge on any atom is 0.243 e. The molecule has 3 aromatic rings. The molecule has 0 amide bonds. The number of nitrogens with zero attached hydrogens (tertiary/aromatic N) is 4. The van der Waals surface area contributed by atoms with Crippen molar-refractivity contribution in [2.24, 2.45) is 0 Å². The number of halogens is 1. The van der Waals surface area contributed by atoms with Gasteiger partial charge in [0.15, 0.2) is 5.82 Å². The lowest BCUT2D eigenvalue weighted by molar-refractivity contribution is 0.383. The van der Waals surface area contributed by atoms with Gasteiger partial charge in [-0.15, -0.1) is 10.2 Å². The van der Waals surface area contributed by atoms with Crippen molar-refractivity contribution in [3.63, 3.8) is 0 Å². The fourth-order valence-corrected chi connectivity index (χ4v) is 4.89. The van der Waals surface area contributed by atoms with Gasteiger partial charge in [0.05, 0.1) is 17.7 Å². The fraction of sp³-hybridized carbons (Fsp3) is 0.238. The normalized spacial score (nSPS) is 15.2. The predicted molar refractivity (Wildman–Crippen MR) is 116 cm³/mol. The van der Waals surface area contributed by atoms with Crippen LogP contribution in [0.1, 0.15) is 0 Å². The zero-order valence-corrected chi connectivity index (χ0v) is 18.0. The summed E-state index contributed by atoms with van der Waals surface area (Å²) in [6.07, 6.45) is 0. The molecule has 0 bridgehead atoms. The van der Waals surface area contributed by atoms with Crippen molar-refractivity contribution in [2.75, 3.05) is 38.2 Å². The maximum absolute atomic E-state index is 12.8. The van der Waals surface area contributed by atoms with Gasteiger partial charge in [0.2, 0.25) is 10.0 Å². The topological polar surface area (TPSA) is 75.6 Å². The van der Waals surface area contributed by atoms with Crippen LogP contribution in [0.2, 0.25) is 5.02 Å². The van der Waals surface area contributed by atoms with Gasteiger partial charge in [0, 0.05) is 36.8 Å². The van der Waals surface area contributed by atoms with Crippen LogP contribution >= 0.6 is 11.6 Å². The van der Waals surface area contributed by atoms with Gasteiger partial charge in [-0.2, -0.15) is 4.31 Å². The number of anilines is 1. The third-order valence-corrected chi connectivity index (χ3v) is 7.19. The molecule has 1 aliphatic rings. The molecule has 0 saturated carbocycles. The van der Waals surface area contributed by atoms with Crippen molar-refractivity contribution < 1.29 is 13.2 Å². The average Bonchev–Trinajstić information content (AvgIpc) is 2.79. The molecule has 0 atom stereocenters. The van der Waals surface area contributed by atoms with Gasteiger partial charge in [-0.3, -0.25) is 0 Å². The van der Waals surface area contributed by atoms with Crippen LogP contribution in [0, 0.1) is 0 Å². The summed E-state index contributed by atoms with van der Waals surface area (Å²) in [5, 5.41) is 9.18. The van der Waals surface area contributed by atoms with E-state index in [0.717, 1.165) is 22.8 Å². The van der Waals surface area contributed by atoms with Gasteiger partial charge in [-0.05, 0) is 48.5 Å². The number of piperazine rings is 1. The second-order valence-electron chi connectivity index (χ2n) is 6.85. The van der Waals surface area contributed by atoms with Crippen LogP contribution < -0.4 is 9.64 Å². The Kier molecular flexibility index (Phi) is 5.90. The molecule has 0 aliphatic carbocycles. The van der Waals surface area contributed by atoms with Gasteiger partial charge in [-0.1, -0.05) is 23.7 Å². The molecular weight excluding hydrogens is 424 g/mol. The first kappa shape index (κ1) is 20.6. The largest absolute Gasteiger partial charge is 0.497 e. The first-order chi connectivity index (χ1) is 14.5. The van der Waals surface area contributed by atoms with Crippen LogP contribution in [0.5, 0.6) is 5.75 Å². The van der Waals surface area contributed by atoms with Crippen molar-refractivity contribution >= 4 is 27.4 Å². The van der Waals surface area contributed by atoms with E-state index in [0.29, 0.717) is 31.2 Å². The van der Waals surface area contributed by atoms with Crippen molar-refractivity contribution in [2.45, 2.75) is 4.90 Å². The summed E-state index contributed by atoms with van der Waals surface area (Å²) in [6, 6.07) is 17.7. The van der Waals surface area contributed by atoms with Crippen LogP contribution in [0.3, 0.4) is 0 Å². The number of rotatable bonds is 5. The molecule has 1 aromatic heterocycles. The van der Waals surface area contributed by atoms with Crippen molar-refractivity contribution in [3.05, 3.63) is 65.7 Å². The number of sulfonamides is 1. The van der Waals surface area contributed by atoms with Crippen LogP contribution in [0.15, 0.2) is 65.6 Å². The molecule has 1 fully saturated rings. The first-order valence-corrected chi connectivity index (χ1v) is 11.3. The molecule has 9 heteroatoms. The van der Waals surface area contributed by atoms with Crippen molar-refractivity contribution in [1.29, 1.82) is 0 Å². The Bertz CT molecular complexity index is 1110. The average molecular weight is 445 g/mol. The van der Waals surface area contributed by atoms with E-state index < -0.39 is 10.0 Å². The molecular formula is C21H21ClN4O3S. The minimum atomic E-state index is -3.53. The minimum absolute atomic E-state index is 0.253. The molecule has 1 aliphatic heterocycles. The summed E-state index contributed by atoms with van der Waals surface area (Å²) in [4.78, 5) is 2.29. The van der Waals surface area contributed by atoms with E-state index in [1.165, 1.54) is 16.4 Å². The highest BCUT2D eigenvalue weighted by Gasteiger charge is 2.29. The molecule has 7 nitrogen and oxygen atoms in total. The van der Waals surface area contributed by atoms with E-state index in [-0.39, 0.29) is 4.90 Å². The zero-order valence-electron chi connectivity index (χ0n) is 16.4. The quantitative estimate of drug-likeness (QED) is 0.601. The Balaban J connectivity index is 1.43. The maximum atomic E-state index is 12.8. The van der Waals surface area contributed by atoms with Crippen LogP contribution in [0.4, 0.5) is 5.82 Å². The monoisotopic (exact) mass is 444 g/mol. The summed E-state index contributed by atoms with van der Waals surface area (Å²) in [7, 11) is -1.91. The third kappa shape index (κ3) is 4.26. The van der Waals surface area contributed by atoms with E-state index in [1.807, 2.05) is 41.3 Å². The zero-order chi connectivity index (χ0) is 21.1. The standard InChI is InChI=1S/C21H21ClN4O3S/c1-29-18-4-2-3-16(15-18)20-9-10-21(24-23-20)25-11-13-26(14-12-25)30(27,28)19-7-5-17(22)6-8-19/h2-10,15H,11-14H2,1H3. The van der Waals surface area contributed by atoms with E-state index in [9.17, 15) is 8.42 Å². The Hall–Kier alpha value is -2.68. The first-order valence-electron chi connectivity index (χ1n) is 9.46. The fourth-order valence-electron chi connectivity index (χ4n) is 3.34. The smallest absolute Gasteiger partial charge is 0.243 e. The second kappa shape index (κ2) is 8.59. The summed E-state index contributed by atoms with van der Waals surface area (Å²) in [5.74, 6) is 1.49. The minimum Gasteiger partial charge on any atom is -0.497 e. The van der Waals surface area contributed by atoms with Crippen LogP contribution in [-0.4, -0.2) is 56.2 Å². The molecule has 0 spiro atoms. The summed E-state index contributed by atoms with van der Waals surface area (Å²) >= 11 is 5.87. The highest BCUT2D eigenvalue weighted by atomic mass is 35.5. The van der Waals surface area contributed by atoms with E-state index >= 15 is 0 Å². The second-order valence-corrected chi connectivity index (χ2v) is 9.23. The van der Waals surface area contributed by atoms with Crippen molar-refractivity contribution in [3.8, 4) is 17.0 Å². The lowest BCUT2D eigenvalue weighted by Crippen LogP contribution is -2.48. The number of ether oxygens (including phenoxy) is 1. The SMILES string of the molecule is COc1cccc(-c2ccc(N3CCN(S(=O)(=O)c4ccc(Cl)cc4)CC3)nn2)c1. The molecule has 0 radical (unpaired) electrons. The molecule has 0 unspecified atom stereocenters. The predicted octanol–water partition coefficient (Wildman–Crippen LogP) is 3.32. The molecule has 0 N–H and O–H groups in total. The number of hydrogen-bond donors (Lipinski definition) is 0. The number of benzene rings is 2. The lowest BCUT2D eigenvalue weighted by Gasteiger charge is -2.34. The molecule has 1 saturated heterocycles. The Morgan fingerprint density at radius 1 is 0.933 bits per heavy atom. The molecule has 2 aromatic carbocycles. The number of methoxy groups -OCH3 is 1. The third-order valence-electron chi connectivity index (χ3n) is 5.03. The van der Waals surface area contributed by atoms with Gasteiger partial charge in [0.25, 0.3) is 0 Å². The van der Waals surface area contributed by atoms with E-state index in [4.69, 9.17) is 16.3 Å².